The molecule has 0 atom stereocenters. The van der Waals surface area contributed by atoms with Crippen molar-refractivity contribution in [3.8, 4) is 0 Å². The summed E-state index contributed by atoms with van der Waals surface area (Å²) in [6, 6.07) is 9.09. The quantitative estimate of drug-likeness (QED) is 0.835. The van der Waals surface area contributed by atoms with Gasteiger partial charge in [-0.3, -0.25) is 0 Å². The van der Waals surface area contributed by atoms with Gasteiger partial charge in [0.05, 0.1) is 5.69 Å². The fourth-order valence-electron chi connectivity index (χ4n) is 1.58. The van der Waals surface area contributed by atoms with Crippen molar-refractivity contribution in [1.29, 1.82) is 0 Å². The summed E-state index contributed by atoms with van der Waals surface area (Å²) >= 11 is 1.24. The fourth-order valence-corrected chi connectivity index (χ4v) is 2.45. The first-order chi connectivity index (χ1) is 9.19. The van der Waals surface area contributed by atoms with Crippen molar-refractivity contribution < 1.29 is 8.78 Å². The maximum atomic E-state index is 13.5. The summed E-state index contributed by atoms with van der Waals surface area (Å²) in [5.74, 6) is 0.451. The lowest BCUT2D eigenvalue weighted by Crippen LogP contribution is -2.00. The van der Waals surface area contributed by atoms with Gasteiger partial charge in [0.1, 0.15) is 17.5 Å². The number of hydrogen-bond donors (Lipinski definition) is 1. The molecule has 2 nitrogen and oxygen atoms in total. The van der Waals surface area contributed by atoms with E-state index in [1.165, 1.54) is 17.8 Å². The minimum Gasteiger partial charge on any atom is -0.370 e. The zero-order valence-electron chi connectivity index (χ0n) is 10.5. The molecule has 0 unspecified atom stereocenters. The van der Waals surface area contributed by atoms with Crippen LogP contribution in [0.3, 0.4) is 0 Å². The topological polar surface area (TPSA) is 24.9 Å². The predicted molar refractivity (Wildman–Crippen MR) is 74.3 cm³/mol. The van der Waals surface area contributed by atoms with Crippen LogP contribution in [0.4, 0.5) is 14.6 Å². The average Bonchev–Trinajstić information content (AvgIpc) is 2.41. The Labute approximate surface area is 115 Å². The molecule has 5 heteroatoms. The summed E-state index contributed by atoms with van der Waals surface area (Å²) in [4.78, 5) is 4.68. The maximum absolute atomic E-state index is 13.5. The number of hydrogen-bond acceptors (Lipinski definition) is 3. The van der Waals surface area contributed by atoms with Gasteiger partial charge in [-0.05, 0) is 37.3 Å². The van der Waals surface area contributed by atoms with E-state index in [2.05, 4.69) is 10.3 Å². The van der Waals surface area contributed by atoms with Crippen LogP contribution in [0.25, 0.3) is 0 Å². The molecule has 0 aliphatic carbocycles. The Bertz CT molecular complexity index is 561. The molecule has 0 radical (unpaired) electrons. The van der Waals surface area contributed by atoms with Crippen molar-refractivity contribution in [2.45, 2.75) is 17.6 Å². The Morgan fingerprint density at radius 3 is 2.84 bits per heavy atom. The molecule has 0 aliphatic rings. The van der Waals surface area contributed by atoms with Gasteiger partial charge in [0.2, 0.25) is 0 Å². The predicted octanol–water partition coefficient (Wildman–Crippen LogP) is 4.08. The molecule has 0 aliphatic heterocycles. The van der Waals surface area contributed by atoms with E-state index in [4.69, 9.17) is 0 Å². The first kappa shape index (κ1) is 13.8. The molecule has 0 amide bonds. The van der Waals surface area contributed by atoms with Crippen molar-refractivity contribution >= 4 is 17.6 Å². The van der Waals surface area contributed by atoms with Crippen molar-refractivity contribution in [3.05, 3.63) is 53.7 Å². The van der Waals surface area contributed by atoms with Crippen LogP contribution in [-0.4, -0.2) is 11.5 Å². The molecule has 19 heavy (non-hydrogen) atoms. The van der Waals surface area contributed by atoms with E-state index in [1.807, 2.05) is 25.1 Å². The van der Waals surface area contributed by atoms with Crippen LogP contribution in [0.1, 0.15) is 12.6 Å². The molecular weight excluding hydrogens is 266 g/mol. The summed E-state index contributed by atoms with van der Waals surface area (Å²) in [6.07, 6.45) is 0. The highest BCUT2D eigenvalue weighted by molar-refractivity contribution is 7.98. The van der Waals surface area contributed by atoms with E-state index in [-0.39, 0.29) is 0 Å². The van der Waals surface area contributed by atoms with E-state index in [9.17, 15) is 8.78 Å². The molecule has 2 rings (SSSR count). The normalized spacial score (nSPS) is 10.5. The second-order valence-electron chi connectivity index (χ2n) is 3.91. The number of pyridine rings is 1. The number of rotatable bonds is 5. The molecule has 2 aromatic rings. The van der Waals surface area contributed by atoms with Crippen molar-refractivity contribution in [2.24, 2.45) is 0 Å². The maximum Gasteiger partial charge on any atom is 0.136 e. The lowest BCUT2D eigenvalue weighted by Gasteiger charge is -2.06. The van der Waals surface area contributed by atoms with Crippen LogP contribution in [0.2, 0.25) is 0 Å². The van der Waals surface area contributed by atoms with Crippen LogP contribution in [0, 0.1) is 11.6 Å². The molecule has 0 fully saturated rings. The summed E-state index contributed by atoms with van der Waals surface area (Å²) < 4.78 is 26.5. The van der Waals surface area contributed by atoms with E-state index in [0.717, 1.165) is 30.2 Å². The van der Waals surface area contributed by atoms with Gasteiger partial charge in [0.15, 0.2) is 0 Å². The summed E-state index contributed by atoms with van der Waals surface area (Å²) in [6.45, 7) is 2.79. The third-order valence-corrected chi connectivity index (χ3v) is 3.50. The first-order valence-electron chi connectivity index (χ1n) is 5.96. The van der Waals surface area contributed by atoms with Crippen LogP contribution < -0.4 is 5.32 Å². The Morgan fingerprint density at radius 2 is 2.05 bits per heavy atom. The number of benzene rings is 1. The number of anilines is 1. The zero-order valence-corrected chi connectivity index (χ0v) is 11.3. The number of aromatic nitrogens is 1. The molecule has 1 heterocycles. The van der Waals surface area contributed by atoms with Crippen LogP contribution in [-0.2, 0) is 5.75 Å². The Balaban J connectivity index is 2.05. The van der Waals surface area contributed by atoms with Crippen molar-refractivity contribution in [2.75, 3.05) is 11.9 Å². The van der Waals surface area contributed by atoms with Crippen molar-refractivity contribution in [1.82, 2.24) is 4.98 Å². The molecule has 1 N–H and O–H groups in total. The van der Waals surface area contributed by atoms with Crippen LogP contribution in [0.15, 0.2) is 41.3 Å². The summed E-state index contributed by atoms with van der Waals surface area (Å²) in [5, 5.41) is 3.11. The smallest absolute Gasteiger partial charge is 0.136 e. The highest BCUT2D eigenvalue weighted by Crippen LogP contribution is 2.25. The molecule has 100 valence electrons. The van der Waals surface area contributed by atoms with E-state index in [0.29, 0.717) is 10.6 Å². The highest BCUT2D eigenvalue weighted by Gasteiger charge is 2.06. The third-order valence-electron chi connectivity index (χ3n) is 2.43. The second kappa shape index (κ2) is 6.52. The zero-order chi connectivity index (χ0) is 13.7. The Hall–Kier alpha value is -1.62. The average molecular weight is 280 g/mol. The SMILES string of the molecule is CCNc1cccc(CSc2cc(F)ccc2F)n1. The largest absolute Gasteiger partial charge is 0.370 e. The molecule has 1 aromatic carbocycles. The van der Waals surface area contributed by atoms with E-state index < -0.39 is 11.6 Å². The number of nitrogens with one attached hydrogen (secondary N) is 1. The molecule has 0 bridgehead atoms. The lowest BCUT2D eigenvalue weighted by atomic mass is 10.3. The van der Waals surface area contributed by atoms with E-state index >= 15 is 0 Å². The van der Waals surface area contributed by atoms with Gasteiger partial charge in [0, 0.05) is 17.2 Å². The second-order valence-corrected chi connectivity index (χ2v) is 4.93. The van der Waals surface area contributed by atoms with Gasteiger partial charge in [-0.1, -0.05) is 6.07 Å². The van der Waals surface area contributed by atoms with Gasteiger partial charge in [-0.2, -0.15) is 0 Å². The van der Waals surface area contributed by atoms with Crippen LogP contribution >= 0.6 is 11.8 Å². The number of halogens is 2. The third kappa shape index (κ3) is 3.92. The van der Waals surface area contributed by atoms with Crippen LogP contribution in [0.5, 0.6) is 0 Å². The molecule has 0 saturated carbocycles. The molecule has 0 spiro atoms. The van der Waals surface area contributed by atoms with Gasteiger partial charge in [-0.15, -0.1) is 11.8 Å². The number of thioether (sulfide) groups is 1. The summed E-state index contributed by atoms with van der Waals surface area (Å²) in [5.41, 5.74) is 0.826. The minimum absolute atomic E-state index is 0.302. The minimum atomic E-state index is -0.432. The molecule has 1 aromatic heterocycles. The van der Waals surface area contributed by atoms with Crippen molar-refractivity contribution in [3.63, 3.8) is 0 Å². The van der Waals surface area contributed by atoms with Gasteiger partial charge < -0.3 is 5.32 Å². The molecular formula is C14H14F2N2S. The van der Waals surface area contributed by atoms with Gasteiger partial charge in [-0.25, -0.2) is 13.8 Å². The standard InChI is InChI=1S/C14H14F2N2S/c1-2-17-14-5-3-4-11(18-14)9-19-13-8-10(15)6-7-12(13)16/h3-8H,2,9H2,1H3,(H,17,18). The van der Waals surface area contributed by atoms with E-state index in [1.54, 1.807) is 0 Å². The first-order valence-corrected chi connectivity index (χ1v) is 6.95. The Morgan fingerprint density at radius 1 is 1.21 bits per heavy atom. The monoisotopic (exact) mass is 280 g/mol. The lowest BCUT2D eigenvalue weighted by molar-refractivity contribution is 0.577. The van der Waals surface area contributed by atoms with Gasteiger partial charge in [0.25, 0.3) is 0 Å². The molecule has 0 saturated heterocycles. The summed E-state index contributed by atoms with van der Waals surface area (Å²) in [7, 11) is 0. The Kier molecular flexibility index (Phi) is 4.74. The highest BCUT2D eigenvalue weighted by atomic mass is 32.2. The number of nitrogens with zero attached hydrogens (tertiary/aromatic N) is 1. The van der Waals surface area contributed by atoms with Gasteiger partial charge >= 0.3 is 0 Å². The fraction of sp³-hybridized carbons (Fsp3) is 0.214.